The molecule has 0 radical (unpaired) electrons. The molecule has 0 bridgehead atoms. The second kappa shape index (κ2) is 6.61. The smallest absolute Gasteiger partial charge is 0.308 e. The van der Waals surface area contributed by atoms with Gasteiger partial charge >= 0.3 is 5.97 Å². The summed E-state index contributed by atoms with van der Waals surface area (Å²) in [7, 11) is 0. The summed E-state index contributed by atoms with van der Waals surface area (Å²) in [5.74, 6) is -0.397. The van der Waals surface area contributed by atoms with Gasteiger partial charge < -0.3 is 4.74 Å². The van der Waals surface area contributed by atoms with Gasteiger partial charge in [0.2, 0.25) is 0 Å². The summed E-state index contributed by atoms with van der Waals surface area (Å²) in [5.41, 5.74) is 0.206. The molecule has 0 aliphatic heterocycles. The van der Waals surface area contributed by atoms with Crippen LogP contribution in [0.4, 0.5) is 8.78 Å². The molecular weight excluding hydrogens is 214 g/mol. The largest absolute Gasteiger partial charge is 0.465 e. The monoisotopic (exact) mass is 232 g/mol. The van der Waals surface area contributed by atoms with E-state index in [9.17, 15) is 13.6 Å². The number of esters is 1. The van der Waals surface area contributed by atoms with Gasteiger partial charge in [-0.25, -0.2) is 0 Å². The number of carbonyl (C=O) groups excluding carboxylic acids is 1. The number of hydrogen-bond acceptors (Lipinski definition) is 2. The van der Waals surface area contributed by atoms with E-state index in [-0.39, 0.29) is 17.5 Å². The molecule has 4 heteroatoms. The van der Waals surface area contributed by atoms with E-state index in [1.807, 2.05) is 6.92 Å². The van der Waals surface area contributed by atoms with Crippen LogP contribution in [-0.4, -0.2) is 12.6 Å². The molecule has 0 aromatic carbocycles. The van der Waals surface area contributed by atoms with E-state index in [1.165, 1.54) is 0 Å². The van der Waals surface area contributed by atoms with E-state index in [0.29, 0.717) is 32.3 Å². The Labute approximate surface area is 94.7 Å². The number of halogens is 2. The molecular formula is C12H18F2O2. The predicted octanol–water partition coefficient (Wildman–Crippen LogP) is 3.67. The Morgan fingerprint density at radius 2 is 2.00 bits per heavy atom. The standard InChI is InChI=1S/C12H18F2O2/c1-2-3-8-16-12(15)10-6-4-9(5-7-10)11(13)14/h10H,2-8H2,1H3. The third kappa shape index (κ3) is 3.91. The topological polar surface area (TPSA) is 26.3 Å². The van der Waals surface area contributed by atoms with Crippen LogP contribution in [0, 0.1) is 5.92 Å². The lowest BCUT2D eigenvalue weighted by atomic mass is 9.86. The first-order valence-corrected chi connectivity index (χ1v) is 5.84. The Hall–Kier alpha value is -0.930. The van der Waals surface area contributed by atoms with Gasteiger partial charge in [0.25, 0.3) is 6.08 Å². The average molecular weight is 232 g/mol. The lowest BCUT2D eigenvalue weighted by molar-refractivity contribution is -0.149. The summed E-state index contributed by atoms with van der Waals surface area (Å²) in [6, 6.07) is 0. The molecule has 1 aliphatic carbocycles. The zero-order valence-corrected chi connectivity index (χ0v) is 9.60. The maximum Gasteiger partial charge on any atom is 0.308 e. The van der Waals surface area contributed by atoms with Gasteiger partial charge in [-0.2, -0.15) is 8.78 Å². The molecule has 0 heterocycles. The number of unbranched alkanes of at least 4 members (excludes halogenated alkanes) is 1. The molecule has 92 valence electrons. The molecule has 1 aliphatic rings. The molecule has 0 amide bonds. The van der Waals surface area contributed by atoms with Crippen molar-refractivity contribution >= 4 is 5.97 Å². The van der Waals surface area contributed by atoms with Crippen LogP contribution in [-0.2, 0) is 9.53 Å². The summed E-state index contributed by atoms with van der Waals surface area (Å²) in [4.78, 5) is 11.5. The third-order valence-corrected chi connectivity index (χ3v) is 2.93. The molecule has 1 rings (SSSR count). The number of ether oxygens (including phenoxy) is 1. The van der Waals surface area contributed by atoms with E-state index in [4.69, 9.17) is 4.74 Å². The van der Waals surface area contributed by atoms with E-state index >= 15 is 0 Å². The fourth-order valence-corrected chi connectivity index (χ4v) is 1.83. The SMILES string of the molecule is CCCCOC(=O)C1CCC(=C(F)F)CC1. The van der Waals surface area contributed by atoms with Crippen LogP contribution in [0.5, 0.6) is 0 Å². The van der Waals surface area contributed by atoms with Crippen molar-refractivity contribution in [3.8, 4) is 0 Å². The number of hydrogen-bond donors (Lipinski definition) is 0. The Morgan fingerprint density at radius 1 is 1.38 bits per heavy atom. The normalized spacial score (nSPS) is 20.7. The highest BCUT2D eigenvalue weighted by Crippen LogP contribution is 2.31. The quantitative estimate of drug-likeness (QED) is 0.546. The molecule has 0 atom stereocenters. The Balaban J connectivity index is 2.30. The Kier molecular flexibility index (Phi) is 5.43. The minimum absolute atomic E-state index is 0.181. The van der Waals surface area contributed by atoms with Crippen LogP contribution < -0.4 is 0 Å². The molecule has 16 heavy (non-hydrogen) atoms. The second-order valence-corrected chi connectivity index (χ2v) is 4.16. The van der Waals surface area contributed by atoms with Crippen LogP contribution in [0.25, 0.3) is 0 Å². The van der Waals surface area contributed by atoms with Gasteiger partial charge in [-0.1, -0.05) is 13.3 Å². The van der Waals surface area contributed by atoms with Gasteiger partial charge in [-0.3, -0.25) is 4.79 Å². The molecule has 2 nitrogen and oxygen atoms in total. The summed E-state index contributed by atoms with van der Waals surface area (Å²) >= 11 is 0. The van der Waals surface area contributed by atoms with E-state index in [2.05, 4.69) is 0 Å². The molecule has 0 unspecified atom stereocenters. The van der Waals surface area contributed by atoms with Gasteiger partial charge in [0, 0.05) is 0 Å². The molecule has 0 saturated heterocycles. The van der Waals surface area contributed by atoms with Crippen molar-refractivity contribution in [2.45, 2.75) is 45.4 Å². The maximum absolute atomic E-state index is 12.3. The van der Waals surface area contributed by atoms with Crippen molar-refractivity contribution in [3.05, 3.63) is 11.7 Å². The summed E-state index contributed by atoms with van der Waals surface area (Å²) in [6.45, 7) is 2.47. The van der Waals surface area contributed by atoms with Crippen molar-refractivity contribution in [3.63, 3.8) is 0 Å². The highest BCUT2D eigenvalue weighted by molar-refractivity contribution is 5.72. The molecule has 1 fully saturated rings. The minimum atomic E-state index is -1.57. The van der Waals surface area contributed by atoms with Crippen molar-refractivity contribution in [2.75, 3.05) is 6.61 Å². The highest BCUT2D eigenvalue weighted by atomic mass is 19.3. The zero-order chi connectivity index (χ0) is 12.0. The van der Waals surface area contributed by atoms with Crippen LogP contribution in [0.15, 0.2) is 11.7 Å². The first-order chi connectivity index (χ1) is 7.65. The van der Waals surface area contributed by atoms with Crippen LogP contribution >= 0.6 is 0 Å². The first-order valence-electron chi connectivity index (χ1n) is 5.84. The van der Waals surface area contributed by atoms with Crippen molar-refractivity contribution in [2.24, 2.45) is 5.92 Å². The molecule has 1 saturated carbocycles. The molecule has 0 N–H and O–H groups in total. The van der Waals surface area contributed by atoms with Crippen molar-refractivity contribution in [1.82, 2.24) is 0 Å². The minimum Gasteiger partial charge on any atom is -0.465 e. The van der Waals surface area contributed by atoms with E-state index < -0.39 is 6.08 Å². The number of rotatable bonds is 4. The third-order valence-electron chi connectivity index (χ3n) is 2.93. The van der Waals surface area contributed by atoms with E-state index in [0.717, 1.165) is 12.8 Å². The van der Waals surface area contributed by atoms with Gasteiger partial charge in [-0.05, 0) is 37.7 Å². The van der Waals surface area contributed by atoms with Gasteiger partial charge in [-0.15, -0.1) is 0 Å². The highest BCUT2D eigenvalue weighted by Gasteiger charge is 2.26. The Morgan fingerprint density at radius 3 is 2.50 bits per heavy atom. The fraction of sp³-hybridized carbons (Fsp3) is 0.750. The van der Waals surface area contributed by atoms with Crippen LogP contribution in [0.1, 0.15) is 45.4 Å². The van der Waals surface area contributed by atoms with Gasteiger partial charge in [0.1, 0.15) is 0 Å². The molecule has 0 aromatic rings. The maximum atomic E-state index is 12.3. The summed E-state index contributed by atoms with van der Waals surface area (Å²) in [5, 5.41) is 0. The molecule has 0 aromatic heterocycles. The lowest BCUT2D eigenvalue weighted by Gasteiger charge is -2.21. The number of carbonyl (C=O) groups is 1. The Bertz CT molecular complexity index is 260. The molecule has 0 spiro atoms. The fourth-order valence-electron chi connectivity index (χ4n) is 1.83. The number of allylic oxidation sites excluding steroid dienone is 1. The van der Waals surface area contributed by atoms with Crippen molar-refractivity contribution < 1.29 is 18.3 Å². The average Bonchev–Trinajstić information content (AvgIpc) is 2.29. The van der Waals surface area contributed by atoms with Gasteiger partial charge in [0.15, 0.2) is 0 Å². The van der Waals surface area contributed by atoms with Crippen LogP contribution in [0.2, 0.25) is 0 Å². The van der Waals surface area contributed by atoms with Crippen molar-refractivity contribution in [1.29, 1.82) is 0 Å². The predicted molar refractivity (Wildman–Crippen MR) is 57.1 cm³/mol. The summed E-state index contributed by atoms with van der Waals surface area (Å²) < 4.78 is 29.6. The first kappa shape index (κ1) is 13.1. The van der Waals surface area contributed by atoms with Gasteiger partial charge in [0.05, 0.1) is 12.5 Å². The second-order valence-electron chi connectivity index (χ2n) is 4.16. The van der Waals surface area contributed by atoms with Crippen LogP contribution in [0.3, 0.4) is 0 Å². The lowest BCUT2D eigenvalue weighted by Crippen LogP contribution is -2.21. The summed E-state index contributed by atoms with van der Waals surface area (Å²) in [6.07, 6.45) is 1.93. The van der Waals surface area contributed by atoms with E-state index in [1.54, 1.807) is 0 Å². The zero-order valence-electron chi connectivity index (χ0n) is 9.60.